The van der Waals surface area contributed by atoms with Crippen molar-refractivity contribution < 1.29 is 19.0 Å². The van der Waals surface area contributed by atoms with Crippen molar-refractivity contribution in [3.63, 3.8) is 0 Å². The van der Waals surface area contributed by atoms with Crippen LogP contribution in [0.3, 0.4) is 0 Å². The molecule has 5 heteroatoms. The quantitative estimate of drug-likeness (QED) is 0.724. The first-order valence-corrected chi connectivity index (χ1v) is 8.24. The molecule has 0 saturated heterocycles. The SMILES string of the molecule is COc1cccc(CN(Cc2ccco2)CC(O)COC(C)C)c1. The Hall–Kier alpha value is -1.82. The van der Waals surface area contributed by atoms with Crippen LogP contribution in [0, 0.1) is 0 Å². The van der Waals surface area contributed by atoms with E-state index in [-0.39, 0.29) is 6.10 Å². The van der Waals surface area contributed by atoms with Gasteiger partial charge in [0.1, 0.15) is 11.5 Å². The molecule has 0 bridgehead atoms. The van der Waals surface area contributed by atoms with Crippen molar-refractivity contribution in [3.8, 4) is 5.75 Å². The first-order valence-electron chi connectivity index (χ1n) is 8.24. The van der Waals surface area contributed by atoms with Crippen molar-refractivity contribution in [1.82, 2.24) is 4.90 Å². The van der Waals surface area contributed by atoms with Crippen LogP contribution in [0.4, 0.5) is 0 Å². The number of hydrogen-bond donors (Lipinski definition) is 1. The predicted molar refractivity (Wildman–Crippen MR) is 92.9 cm³/mol. The molecule has 0 aliphatic heterocycles. The molecule has 0 aliphatic rings. The highest BCUT2D eigenvalue weighted by Gasteiger charge is 2.15. The van der Waals surface area contributed by atoms with E-state index < -0.39 is 6.10 Å². The van der Waals surface area contributed by atoms with Gasteiger partial charge in [0.15, 0.2) is 0 Å². The second kappa shape index (κ2) is 9.47. The van der Waals surface area contributed by atoms with E-state index in [0.717, 1.165) is 17.1 Å². The van der Waals surface area contributed by atoms with Crippen molar-refractivity contribution in [1.29, 1.82) is 0 Å². The number of benzene rings is 1. The molecule has 1 aromatic carbocycles. The zero-order chi connectivity index (χ0) is 17.4. The van der Waals surface area contributed by atoms with Gasteiger partial charge in [0, 0.05) is 13.1 Å². The van der Waals surface area contributed by atoms with E-state index in [9.17, 15) is 5.11 Å². The number of methoxy groups -OCH3 is 1. The van der Waals surface area contributed by atoms with Gasteiger partial charge in [-0.3, -0.25) is 4.90 Å². The zero-order valence-electron chi connectivity index (χ0n) is 14.6. The van der Waals surface area contributed by atoms with E-state index in [1.54, 1.807) is 13.4 Å². The molecule has 2 rings (SSSR count). The Labute approximate surface area is 143 Å². The van der Waals surface area contributed by atoms with Crippen molar-refractivity contribution in [2.24, 2.45) is 0 Å². The third kappa shape index (κ3) is 6.35. The zero-order valence-corrected chi connectivity index (χ0v) is 14.6. The minimum atomic E-state index is -0.548. The molecule has 1 heterocycles. The molecule has 2 aromatic rings. The summed E-state index contributed by atoms with van der Waals surface area (Å²) < 4.78 is 16.2. The van der Waals surface area contributed by atoms with Gasteiger partial charge in [0.25, 0.3) is 0 Å². The molecule has 1 atom stereocenters. The molecule has 132 valence electrons. The minimum absolute atomic E-state index is 0.108. The van der Waals surface area contributed by atoms with Gasteiger partial charge in [-0.2, -0.15) is 0 Å². The molecule has 0 saturated carbocycles. The fourth-order valence-corrected chi connectivity index (χ4v) is 2.49. The highest BCUT2D eigenvalue weighted by Crippen LogP contribution is 2.16. The van der Waals surface area contributed by atoms with Gasteiger partial charge in [-0.05, 0) is 43.7 Å². The van der Waals surface area contributed by atoms with Gasteiger partial charge in [-0.15, -0.1) is 0 Å². The minimum Gasteiger partial charge on any atom is -0.497 e. The summed E-state index contributed by atoms with van der Waals surface area (Å²) in [7, 11) is 1.66. The summed E-state index contributed by atoms with van der Waals surface area (Å²) in [6.45, 7) is 6.07. The van der Waals surface area contributed by atoms with E-state index in [4.69, 9.17) is 13.9 Å². The summed E-state index contributed by atoms with van der Waals surface area (Å²) in [6, 6.07) is 11.8. The number of ether oxygens (including phenoxy) is 2. The Bertz CT molecular complexity index is 583. The normalized spacial score (nSPS) is 12.8. The molecule has 1 unspecified atom stereocenters. The smallest absolute Gasteiger partial charge is 0.119 e. The molecule has 0 aliphatic carbocycles. The van der Waals surface area contributed by atoms with Crippen LogP contribution in [-0.4, -0.2) is 42.5 Å². The molecule has 0 fully saturated rings. The van der Waals surface area contributed by atoms with Crippen molar-refractivity contribution in [2.45, 2.75) is 39.1 Å². The maximum Gasteiger partial charge on any atom is 0.119 e. The first-order chi connectivity index (χ1) is 11.6. The second-order valence-electron chi connectivity index (χ2n) is 6.14. The van der Waals surface area contributed by atoms with Gasteiger partial charge in [0.05, 0.1) is 38.7 Å². The van der Waals surface area contributed by atoms with E-state index in [1.807, 2.05) is 44.2 Å². The van der Waals surface area contributed by atoms with Crippen molar-refractivity contribution >= 4 is 0 Å². The van der Waals surface area contributed by atoms with Crippen LogP contribution in [0.25, 0.3) is 0 Å². The fourth-order valence-electron chi connectivity index (χ4n) is 2.49. The molecular weight excluding hydrogens is 306 g/mol. The third-order valence-corrected chi connectivity index (χ3v) is 3.59. The molecule has 1 aromatic heterocycles. The van der Waals surface area contributed by atoms with Crippen LogP contribution in [0.15, 0.2) is 47.1 Å². The van der Waals surface area contributed by atoms with Crippen molar-refractivity contribution in [3.05, 3.63) is 54.0 Å². The molecular formula is C19H27NO4. The van der Waals surface area contributed by atoms with Gasteiger partial charge in [-0.25, -0.2) is 0 Å². The van der Waals surface area contributed by atoms with Gasteiger partial charge < -0.3 is 19.0 Å². The maximum absolute atomic E-state index is 10.3. The number of nitrogens with zero attached hydrogens (tertiary/aromatic N) is 1. The fraction of sp³-hybridized carbons (Fsp3) is 0.474. The summed E-state index contributed by atoms with van der Waals surface area (Å²) in [5.74, 6) is 1.70. The van der Waals surface area contributed by atoms with Gasteiger partial charge in [-0.1, -0.05) is 12.1 Å². The molecule has 0 radical (unpaired) electrons. The Morgan fingerprint density at radius 3 is 2.67 bits per heavy atom. The topological polar surface area (TPSA) is 55.1 Å². The van der Waals surface area contributed by atoms with Crippen LogP contribution in [-0.2, 0) is 17.8 Å². The van der Waals surface area contributed by atoms with Crippen LogP contribution in [0.1, 0.15) is 25.2 Å². The predicted octanol–water partition coefficient (Wildman–Crippen LogP) is 3.08. The number of aliphatic hydroxyl groups excluding tert-OH is 1. The van der Waals surface area contributed by atoms with Crippen molar-refractivity contribution in [2.75, 3.05) is 20.3 Å². The Morgan fingerprint density at radius 1 is 1.17 bits per heavy atom. The van der Waals surface area contributed by atoms with E-state index in [0.29, 0.717) is 26.2 Å². The second-order valence-corrected chi connectivity index (χ2v) is 6.14. The molecule has 5 nitrogen and oxygen atoms in total. The Balaban J connectivity index is 2.01. The summed E-state index contributed by atoms with van der Waals surface area (Å²) in [5.41, 5.74) is 1.12. The lowest BCUT2D eigenvalue weighted by Gasteiger charge is -2.25. The lowest BCUT2D eigenvalue weighted by molar-refractivity contribution is -0.0114. The van der Waals surface area contributed by atoms with E-state index in [1.165, 1.54) is 0 Å². The number of hydrogen-bond acceptors (Lipinski definition) is 5. The standard InChI is InChI=1S/C19H27NO4/c1-15(2)24-14-17(21)12-20(13-19-8-5-9-23-19)11-16-6-4-7-18(10-16)22-3/h4-10,15,17,21H,11-14H2,1-3H3. The third-order valence-electron chi connectivity index (χ3n) is 3.59. The van der Waals surface area contributed by atoms with Crippen LogP contribution >= 0.6 is 0 Å². The molecule has 1 N–H and O–H groups in total. The average Bonchev–Trinajstić information content (AvgIpc) is 3.06. The highest BCUT2D eigenvalue weighted by molar-refractivity contribution is 5.28. The first kappa shape index (κ1) is 18.5. The average molecular weight is 333 g/mol. The number of rotatable bonds is 10. The van der Waals surface area contributed by atoms with Gasteiger partial charge >= 0.3 is 0 Å². The van der Waals surface area contributed by atoms with Crippen LogP contribution < -0.4 is 4.74 Å². The lowest BCUT2D eigenvalue weighted by Crippen LogP contribution is -2.34. The Morgan fingerprint density at radius 2 is 2.00 bits per heavy atom. The molecule has 0 amide bonds. The summed E-state index contributed by atoms with van der Waals surface area (Å²) in [5, 5.41) is 10.3. The number of aliphatic hydroxyl groups is 1. The van der Waals surface area contributed by atoms with E-state index in [2.05, 4.69) is 11.0 Å². The Kier molecular flexibility index (Phi) is 7.31. The summed E-state index contributed by atoms with van der Waals surface area (Å²) >= 11 is 0. The monoisotopic (exact) mass is 333 g/mol. The number of furan rings is 1. The molecule has 0 spiro atoms. The lowest BCUT2D eigenvalue weighted by atomic mass is 10.2. The molecule has 24 heavy (non-hydrogen) atoms. The maximum atomic E-state index is 10.3. The summed E-state index contributed by atoms with van der Waals surface area (Å²) in [4.78, 5) is 2.14. The largest absolute Gasteiger partial charge is 0.497 e. The summed E-state index contributed by atoms with van der Waals surface area (Å²) in [6.07, 6.45) is 1.22. The van der Waals surface area contributed by atoms with E-state index >= 15 is 0 Å². The van der Waals surface area contributed by atoms with Crippen LogP contribution in [0.2, 0.25) is 0 Å². The van der Waals surface area contributed by atoms with Crippen LogP contribution in [0.5, 0.6) is 5.75 Å². The highest BCUT2D eigenvalue weighted by atomic mass is 16.5. The van der Waals surface area contributed by atoms with Gasteiger partial charge in [0.2, 0.25) is 0 Å².